The summed E-state index contributed by atoms with van der Waals surface area (Å²) < 4.78 is 10.6. The molecule has 8 heteroatoms. The van der Waals surface area contributed by atoms with Crippen molar-refractivity contribution in [2.45, 2.75) is 26.3 Å². The van der Waals surface area contributed by atoms with E-state index in [-0.39, 0.29) is 11.5 Å². The van der Waals surface area contributed by atoms with Gasteiger partial charge in [-0.3, -0.25) is 9.59 Å². The molecular weight excluding hydrogens is 386 g/mol. The largest absolute Gasteiger partial charge is 0.463 e. The molecule has 0 bridgehead atoms. The van der Waals surface area contributed by atoms with Crippen LogP contribution in [-0.4, -0.2) is 42.0 Å². The van der Waals surface area contributed by atoms with Gasteiger partial charge in [-0.15, -0.1) is 0 Å². The zero-order valence-electron chi connectivity index (χ0n) is 16.8. The van der Waals surface area contributed by atoms with Gasteiger partial charge in [-0.2, -0.15) is 0 Å². The Morgan fingerprint density at radius 3 is 2.70 bits per heavy atom. The molecule has 156 valence electrons. The predicted molar refractivity (Wildman–Crippen MR) is 111 cm³/mol. The summed E-state index contributed by atoms with van der Waals surface area (Å²) in [4.78, 5) is 41.2. The van der Waals surface area contributed by atoms with Gasteiger partial charge in [0.2, 0.25) is 5.91 Å². The summed E-state index contributed by atoms with van der Waals surface area (Å²) in [5, 5.41) is 5.80. The molecule has 2 heterocycles. The van der Waals surface area contributed by atoms with Gasteiger partial charge in [0.15, 0.2) is 12.4 Å². The van der Waals surface area contributed by atoms with E-state index in [1.807, 2.05) is 13.0 Å². The van der Waals surface area contributed by atoms with E-state index >= 15 is 0 Å². The molecule has 3 rings (SSSR count). The molecule has 0 saturated carbocycles. The van der Waals surface area contributed by atoms with Crippen molar-refractivity contribution in [2.75, 3.05) is 13.2 Å². The molecule has 0 aliphatic carbocycles. The number of para-hydroxylation sites is 1. The van der Waals surface area contributed by atoms with Crippen LogP contribution in [0.1, 0.15) is 30.6 Å². The van der Waals surface area contributed by atoms with Crippen molar-refractivity contribution in [1.82, 2.24) is 15.6 Å². The fraction of sp³-hybridized carbons (Fsp3) is 0.273. The van der Waals surface area contributed by atoms with Gasteiger partial charge in [-0.1, -0.05) is 25.1 Å². The zero-order valence-corrected chi connectivity index (χ0v) is 16.8. The van der Waals surface area contributed by atoms with Crippen LogP contribution < -0.4 is 10.6 Å². The van der Waals surface area contributed by atoms with Gasteiger partial charge in [0.05, 0.1) is 17.3 Å². The molecule has 1 atom stereocenters. The van der Waals surface area contributed by atoms with Gasteiger partial charge in [-0.05, 0) is 37.6 Å². The first-order chi connectivity index (χ1) is 14.5. The van der Waals surface area contributed by atoms with Crippen LogP contribution in [0.3, 0.4) is 0 Å². The highest BCUT2D eigenvalue weighted by Gasteiger charge is 2.19. The molecule has 2 aromatic heterocycles. The Balaban J connectivity index is 1.71. The average Bonchev–Trinajstić information content (AvgIpc) is 3.30. The molecule has 30 heavy (non-hydrogen) atoms. The summed E-state index contributed by atoms with van der Waals surface area (Å²) in [6.45, 7) is 3.53. The number of furan rings is 1. The Bertz CT molecular complexity index is 1050. The number of esters is 1. The molecule has 0 unspecified atom stereocenters. The molecule has 8 nitrogen and oxygen atoms in total. The lowest BCUT2D eigenvalue weighted by Crippen LogP contribution is -2.46. The van der Waals surface area contributed by atoms with E-state index in [2.05, 4.69) is 15.6 Å². The summed E-state index contributed by atoms with van der Waals surface area (Å²) >= 11 is 0. The third kappa shape index (κ3) is 5.02. The van der Waals surface area contributed by atoms with Crippen LogP contribution in [0.15, 0.2) is 53.1 Å². The van der Waals surface area contributed by atoms with Crippen LogP contribution in [0, 0.1) is 0 Å². The number of rotatable bonds is 8. The first-order valence-electron chi connectivity index (χ1n) is 9.67. The summed E-state index contributed by atoms with van der Waals surface area (Å²) in [6.07, 6.45) is 2.32. The van der Waals surface area contributed by atoms with E-state index in [0.717, 1.165) is 6.42 Å². The lowest BCUT2D eigenvalue weighted by atomic mass is 10.1. The number of nitrogens with zero attached hydrogens (tertiary/aromatic N) is 1. The third-order valence-corrected chi connectivity index (χ3v) is 4.36. The Morgan fingerprint density at radius 1 is 1.17 bits per heavy atom. The van der Waals surface area contributed by atoms with E-state index < -0.39 is 24.5 Å². The second kappa shape index (κ2) is 9.69. The Labute approximate surface area is 173 Å². The van der Waals surface area contributed by atoms with Crippen molar-refractivity contribution in [3.05, 3.63) is 54.3 Å². The Hall–Kier alpha value is -3.68. The van der Waals surface area contributed by atoms with Crippen molar-refractivity contribution < 1.29 is 23.5 Å². The minimum absolute atomic E-state index is 0.272. The van der Waals surface area contributed by atoms with Crippen LogP contribution in [-0.2, 0) is 14.3 Å². The number of aromatic nitrogens is 1. The predicted octanol–water partition coefficient (Wildman–Crippen LogP) is 2.68. The molecule has 0 aliphatic heterocycles. The summed E-state index contributed by atoms with van der Waals surface area (Å²) in [5.41, 5.74) is 1.36. The number of nitrogens with one attached hydrogen (secondary N) is 2. The molecule has 1 aromatic carbocycles. The van der Waals surface area contributed by atoms with Crippen molar-refractivity contribution in [3.63, 3.8) is 0 Å². The average molecular weight is 409 g/mol. The zero-order chi connectivity index (χ0) is 21.5. The van der Waals surface area contributed by atoms with Gasteiger partial charge in [0, 0.05) is 11.9 Å². The normalized spacial score (nSPS) is 11.7. The Kier molecular flexibility index (Phi) is 6.79. The number of ether oxygens (including phenoxy) is 1. The number of fused-ring (bicyclic) bond motifs is 1. The van der Waals surface area contributed by atoms with Crippen molar-refractivity contribution in [2.24, 2.45) is 0 Å². The van der Waals surface area contributed by atoms with E-state index in [0.29, 0.717) is 28.9 Å². The first kappa shape index (κ1) is 21.0. The molecule has 0 fully saturated rings. The standard InChI is InChI=1S/C22H23N3O5/c1-3-10-23-21(27)14(2)24-20(26)13-30-22(28)16-12-18(19-9-6-11-29-19)25-17-8-5-4-7-15(16)17/h4-9,11-12,14H,3,10,13H2,1-2H3,(H,23,27)(H,24,26)/t14-/m1/s1. The number of pyridine rings is 1. The quantitative estimate of drug-likeness (QED) is 0.554. The number of carbonyl (C=O) groups is 3. The topological polar surface area (TPSA) is 111 Å². The van der Waals surface area contributed by atoms with Gasteiger partial charge in [0.1, 0.15) is 11.7 Å². The van der Waals surface area contributed by atoms with Crippen molar-refractivity contribution >= 4 is 28.7 Å². The summed E-state index contributed by atoms with van der Waals surface area (Å²) in [5.74, 6) is -1.01. The highest BCUT2D eigenvalue weighted by Crippen LogP contribution is 2.25. The molecule has 0 saturated heterocycles. The fourth-order valence-electron chi connectivity index (χ4n) is 2.85. The lowest BCUT2D eigenvalue weighted by molar-refractivity contribution is -0.130. The van der Waals surface area contributed by atoms with E-state index in [4.69, 9.17) is 9.15 Å². The van der Waals surface area contributed by atoms with Crippen molar-refractivity contribution in [3.8, 4) is 11.5 Å². The summed E-state index contributed by atoms with van der Waals surface area (Å²) in [6, 6.07) is 11.5. The van der Waals surface area contributed by atoms with Gasteiger partial charge < -0.3 is 19.8 Å². The van der Waals surface area contributed by atoms with Crippen LogP contribution >= 0.6 is 0 Å². The Morgan fingerprint density at radius 2 is 1.97 bits per heavy atom. The maximum atomic E-state index is 12.7. The van der Waals surface area contributed by atoms with E-state index in [1.54, 1.807) is 43.3 Å². The number of carbonyl (C=O) groups excluding carboxylic acids is 3. The third-order valence-electron chi connectivity index (χ3n) is 4.36. The maximum absolute atomic E-state index is 12.7. The minimum Gasteiger partial charge on any atom is -0.463 e. The lowest BCUT2D eigenvalue weighted by Gasteiger charge is -2.14. The molecular formula is C22H23N3O5. The maximum Gasteiger partial charge on any atom is 0.339 e. The number of hydrogen-bond donors (Lipinski definition) is 2. The van der Waals surface area contributed by atoms with Gasteiger partial charge >= 0.3 is 5.97 Å². The highest BCUT2D eigenvalue weighted by molar-refractivity contribution is 6.05. The van der Waals surface area contributed by atoms with Crippen LogP contribution in [0.25, 0.3) is 22.4 Å². The molecule has 0 aliphatic rings. The van der Waals surface area contributed by atoms with Crippen molar-refractivity contribution in [1.29, 1.82) is 0 Å². The fourth-order valence-corrected chi connectivity index (χ4v) is 2.85. The molecule has 2 N–H and O–H groups in total. The minimum atomic E-state index is -0.727. The highest BCUT2D eigenvalue weighted by atomic mass is 16.5. The molecule has 2 amide bonds. The second-order valence-electron chi connectivity index (χ2n) is 6.71. The monoisotopic (exact) mass is 409 g/mol. The summed E-state index contributed by atoms with van der Waals surface area (Å²) in [7, 11) is 0. The molecule has 0 spiro atoms. The molecule has 0 radical (unpaired) electrons. The SMILES string of the molecule is CCCNC(=O)[C@@H](C)NC(=O)COC(=O)c1cc(-c2ccco2)nc2ccccc12. The number of amides is 2. The second-order valence-corrected chi connectivity index (χ2v) is 6.71. The number of benzene rings is 1. The van der Waals surface area contributed by atoms with Crippen LogP contribution in [0.4, 0.5) is 0 Å². The van der Waals surface area contributed by atoms with Gasteiger partial charge in [0.25, 0.3) is 5.91 Å². The van der Waals surface area contributed by atoms with E-state index in [9.17, 15) is 14.4 Å². The first-order valence-corrected chi connectivity index (χ1v) is 9.67. The number of hydrogen-bond acceptors (Lipinski definition) is 6. The van der Waals surface area contributed by atoms with Crippen LogP contribution in [0.5, 0.6) is 0 Å². The van der Waals surface area contributed by atoms with E-state index in [1.165, 1.54) is 6.26 Å². The van der Waals surface area contributed by atoms with Crippen LogP contribution in [0.2, 0.25) is 0 Å². The van der Waals surface area contributed by atoms with Gasteiger partial charge in [-0.25, -0.2) is 9.78 Å². The smallest absolute Gasteiger partial charge is 0.339 e. The molecule has 3 aromatic rings.